The van der Waals surface area contributed by atoms with Gasteiger partial charge < -0.3 is 8.94 Å². The number of hydrazine groups is 1. The number of thiophene rings is 1. The highest BCUT2D eigenvalue weighted by Gasteiger charge is 2.21. The third-order valence-electron chi connectivity index (χ3n) is 3.43. The molecule has 0 saturated carbocycles. The lowest BCUT2D eigenvalue weighted by atomic mass is 10.1. The molecule has 0 spiro atoms. The van der Waals surface area contributed by atoms with E-state index in [4.69, 9.17) is 14.8 Å². The first kappa shape index (κ1) is 14.6. The summed E-state index contributed by atoms with van der Waals surface area (Å²) in [6.45, 7) is 2.02. The molecule has 8 heteroatoms. The maximum absolute atomic E-state index is 5.67. The van der Waals surface area contributed by atoms with Gasteiger partial charge in [0.25, 0.3) is 5.89 Å². The maximum Gasteiger partial charge on any atom is 0.282 e. The lowest BCUT2D eigenvalue weighted by Crippen LogP contribution is -2.06. The van der Waals surface area contributed by atoms with E-state index in [-0.39, 0.29) is 11.8 Å². The number of aryl methyl sites for hydroxylation is 1. The third-order valence-corrected chi connectivity index (χ3v) is 4.29. The minimum Gasteiger partial charge on any atom is -0.418 e. The van der Waals surface area contributed by atoms with Crippen LogP contribution in [-0.4, -0.2) is 15.1 Å². The van der Waals surface area contributed by atoms with Crippen LogP contribution < -0.4 is 11.3 Å². The van der Waals surface area contributed by atoms with Gasteiger partial charge in [-0.1, -0.05) is 28.9 Å². The average Bonchev–Trinajstić information content (AvgIpc) is 3.34. The number of aromatic nitrogens is 3. The van der Waals surface area contributed by atoms with E-state index in [1.807, 2.05) is 48.7 Å². The minimum absolute atomic E-state index is 0.244. The van der Waals surface area contributed by atoms with E-state index in [1.165, 1.54) is 11.3 Å². The van der Waals surface area contributed by atoms with Gasteiger partial charge in [0.1, 0.15) is 0 Å². The van der Waals surface area contributed by atoms with E-state index in [2.05, 4.69) is 20.6 Å². The fraction of sp³-hybridized carbons (Fsp3) is 0.0625. The number of anilines is 1. The van der Waals surface area contributed by atoms with Gasteiger partial charge in [-0.15, -0.1) is 11.3 Å². The lowest BCUT2D eigenvalue weighted by molar-refractivity contribution is 0.431. The molecule has 0 fully saturated rings. The second kappa shape index (κ2) is 5.91. The van der Waals surface area contributed by atoms with Gasteiger partial charge in [-0.2, -0.15) is 4.98 Å². The quantitative estimate of drug-likeness (QED) is 0.431. The molecule has 3 N–H and O–H groups in total. The van der Waals surface area contributed by atoms with Crippen LogP contribution in [0.25, 0.3) is 33.7 Å². The van der Waals surface area contributed by atoms with Crippen molar-refractivity contribution in [1.82, 2.24) is 15.1 Å². The zero-order chi connectivity index (χ0) is 16.5. The Kier molecular flexibility index (Phi) is 3.60. The summed E-state index contributed by atoms with van der Waals surface area (Å²) in [6.07, 6.45) is 0. The van der Waals surface area contributed by atoms with Crippen LogP contribution >= 0.6 is 11.3 Å². The molecule has 3 aromatic heterocycles. The molecule has 120 valence electrons. The van der Waals surface area contributed by atoms with Crippen LogP contribution in [0.1, 0.15) is 5.56 Å². The van der Waals surface area contributed by atoms with Crippen molar-refractivity contribution in [2.24, 2.45) is 5.84 Å². The first-order valence-electron chi connectivity index (χ1n) is 7.17. The Morgan fingerprint density at radius 1 is 1.08 bits per heavy atom. The summed E-state index contributed by atoms with van der Waals surface area (Å²) in [4.78, 5) is 9.72. The molecular weight excluding hydrogens is 326 g/mol. The van der Waals surface area contributed by atoms with E-state index in [0.717, 1.165) is 16.0 Å². The third kappa shape index (κ3) is 2.57. The van der Waals surface area contributed by atoms with Gasteiger partial charge in [-0.3, -0.25) is 5.43 Å². The highest BCUT2D eigenvalue weighted by molar-refractivity contribution is 7.13. The molecule has 0 aliphatic rings. The number of hydrogen-bond acceptors (Lipinski definition) is 8. The molecule has 24 heavy (non-hydrogen) atoms. The van der Waals surface area contributed by atoms with Crippen molar-refractivity contribution in [2.75, 3.05) is 5.43 Å². The smallest absolute Gasteiger partial charge is 0.282 e. The molecule has 0 aliphatic carbocycles. The summed E-state index contributed by atoms with van der Waals surface area (Å²) in [7, 11) is 0. The van der Waals surface area contributed by atoms with Crippen LogP contribution in [0.3, 0.4) is 0 Å². The largest absolute Gasteiger partial charge is 0.418 e. The number of rotatable bonds is 4. The SMILES string of the molecule is Cc1ccc(-c2nc(-c3nc(-c4cccs4)no3)c(NN)o2)cc1. The van der Waals surface area contributed by atoms with Crippen molar-refractivity contribution in [3.05, 3.63) is 47.3 Å². The second-order valence-corrected chi connectivity index (χ2v) is 6.06. The van der Waals surface area contributed by atoms with Crippen LogP contribution in [0.4, 0.5) is 5.88 Å². The first-order valence-corrected chi connectivity index (χ1v) is 8.05. The Labute approximate surface area is 141 Å². The number of nitrogen functional groups attached to an aromatic ring is 1. The van der Waals surface area contributed by atoms with E-state index < -0.39 is 0 Å². The van der Waals surface area contributed by atoms with E-state index in [0.29, 0.717) is 17.4 Å². The van der Waals surface area contributed by atoms with Crippen molar-refractivity contribution < 1.29 is 8.94 Å². The second-order valence-electron chi connectivity index (χ2n) is 5.11. The van der Waals surface area contributed by atoms with E-state index in [9.17, 15) is 0 Å². The van der Waals surface area contributed by atoms with Crippen LogP contribution in [0.2, 0.25) is 0 Å². The zero-order valence-electron chi connectivity index (χ0n) is 12.7. The van der Waals surface area contributed by atoms with E-state index in [1.54, 1.807) is 0 Å². The maximum atomic E-state index is 5.67. The number of nitrogens with two attached hydrogens (primary N) is 1. The van der Waals surface area contributed by atoms with E-state index >= 15 is 0 Å². The van der Waals surface area contributed by atoms with Gasteiger partial charge in [0, 0.05) is 5.56 Å². The Morgan fingerprint density at radius 2 is 1.92 bits per heavy atom. The molecule has 1 aromatic carbocycles. The monoisotopic (exact) mass is 339 g/mol. The highest BCUT2D eigenvalue weighted by Crippen LogP contribution is 2.33. The predicted octanol–water partition coefficient (Wildman–Crippen LogP) is 3.71. The van der Waals surface area contributed by atoms with Crippen molar-refractivity contribution in [3.63, 3.8) is 0 Å². The molecule has 4 rings (SSSR count). The fourth-order valence-electron chi connectivity index (χ4n) is 2.21. The van der Waals surface area contributed by atoms with Crippen molar-refractivity contribution >= 4 is 17.2 Å². The summed E-state index contributed by atoms with van der Waals surface area (Å²) in [5.74, 6) is 6.98. The lowest BCUT2D eigenvalue weighted by Gasteiger charge is -1.96. The highest BCUT2D eigenvalue weighted by atomic mass is 32.1. The Bertz CT molecular complexity index is 957. The first-order chi connectivity index (χ1) is 11.7. The number of nitrogens with zero attached hydrogens (tertiary/aromatic N) is 3. The number of nitrogens with one attached hydrogen (secondary N) is 1. The Balaban J connectivity index is 1.74. The molecule has 0 aliphatic heterocycles. The predicted molar refractivity (Wildman–Crippen MR) is 91.1 cm³/mol. The molecular formula is C16H13N5O2S. The number of oxazole rings is 1. The fourth-order valence-corrected chi connectivity index (χ4v) is 2.86. The molecule has 0 atom stereocenters. The zero-order valence-corrected chi connectivity index (χ0v) is 13.5. The summed E-state index contributed by atoms with van der Waals surface area (Å²) < 4.78 is 11.0. The summed E-state index contributed by atoms with van der Waals surface area (Å²) in [5, 5.41) is 5.93. The van der Waals surface area contributed by atoms with Crippen LogP contribution in [0, 0.1) is 6.92 Å². The molecule has 0 radical (unpaired) electrons. The minimum atomic E-state index is 0.244. The van der Waals surface area contributed by atoms with Crippen molar-refractivity contribution in [3.8, 4) is 33.7 Å². The van der Waals surface area contributed by atoms with Crippen LogP contribution in [0.15, 0.2) is 50.7 Å². The summed E-state index contributed by atoms with van der Waals surface area (Å²) in [6, 6.07) is 11.7. The standard InChI is InChI=1S/C16H13N5O2S/c1-9-4-6-10(7-5-9)14-18-12(16(20-17)22-14)15-19-13(21-23-15)11-3-2-8-24-11/h2-8,20H,17H2,1H3. The average molecular weight is 339 g/mol. The van der Waals surface area contributed by atoms with Crippen molar-refractivity contribution in [1.29, 1.82) is 0 Å². The van der Waals surface area contributed by atoms with Gasteiger partial charge in [0.05, 0.1) is 4.88 Å². The molecule has 0 saturated heterocycles. The molecule has 3 heterocycles. The van der Waals surface area contributed by atoms with Gasteiger partial charge in [0.2, 0.25) is 17.6 Å². The topological polar surface area (TPSA) is 103 Å². The Morgan fingerprint density at radius 3 is 2.62 bits per heavy atom. The van der Waals surface area contributed by atoms with Crippen LogP contribution in [0.5, 0.6) is 0 Å². The molecule has 4 aromatic rings. The van der Waals surface area contributed by atoms with Crippen molar-refractivity contribution in [2.45, 2.75) is 6.92 Å². The van der Waals surface area contributed by atoms with Gasteiger partial charge in [-0.05, 0) is 30.5 Å². The summed E-state index contributed by atoms with van der Waals surface area (Å²) in [5.41, 5.74) is 4.85. The van der Waals surface area contributed by atoms with Gasteiger partial charge >= 0.3 is 0 Å². The van der Waals surface area contributed by atoms with Gasteiger partial charge in [0.15, 0.2) is 5.69 Å². The Hall–Kier alpha value is -2.97. The van der Waals surface area contributed by atoms with Crippen LogP contribution in [-0.2, 0) is 0 Å². The molecule has 0 amide bonds. The van der Waals surface area contributed by atoms with Gasteiger partial charge in [-0.25, -0.2) is 10.8 Å². The normalized spacial score (nSPS) is 10.9. The molecule has 0 unspecified atom stereocenters. The summed E-state index contributed by atoms with van der Waals surface area (Å²) >= 11 is 1.53. The molecule has 0 bridgehead atoms. The number of hydrogen-bond donors (Lipinski definition) is 2. The molecule has 7 nitrogen and oxygen atoms in total. The number of benzene rings is 1.